The Balaban J connectivity index is 1.62. The molecule has 0 bridgehead atoms. The minimum atomic E-state index is -0.144. The van der Waals surface area contributed by atoms with E-state index in [9.17, 15) is 4.79 Å². The topological polar surface area (TPSA) is 84.8 Å². The Kier molecular flexibility index (Phi) is 4.69. The lowest BCUT2D eigenvalue weighted by Gasteiger charge is -2.33. The van der Waals surface area contributed by atoms with Crippen molar-refractivity contribution in [3.05, 3.63) is 58.1 Å². The molecule has 1 atom stereocenters. The average molecular weight is 309 g/mol. The normalized spacial score (nSPS) is 17.7. The number of H-pyrrole nitrogens is 1. The molecule has 0 unspecified atom stereocenters. The van der Waals surface area contributed by atoms with Crippen molar-refractivity contribution >= 4 is 5.82 Å². The number of aromatic nitrogens is 2. The molecule has 0 spiro atoms. The average Bonchev–Trinajstić information content (AvgIpc) is 2.61. The molecule has 2 aromatic rings. The van der Waals surface area contributed by atoms with Crippen molar-refractivity contribution in [2.24, 2.45) is 0 Å². The number of nitrogens with zero attached hydrogens (tertiary/aromatic N) is 3. The number of anilines is 1. The maximum Gasteiger partial charge on any atom is 0.290 e. The molecule has 0 radical (unpaired) electrons. The van der Waals surface area contributed by atoms with E-state index in [4.69, 9.17) is 5.26 Å². The summed E-state index contributed by atoms with van der Waals surface area (Å²) in [5.41, 5.74) is 1.63. The molecule has 2 heterocycles. The maximum atomic E-state index is 11.9. The summed E-state index contributed by atoms with van der Waals surface area (Å²) in [6.45, 7) is 2.33. The first-order valence-electron chi connectivity index (χ1n) is 7.77. The van der Waals surface area contributed by atoms with Gasteiger partial charge in [0.2, 0.25) is 0 Å². The summed E-state index contributed by atoms with van der Waals surface area (Å²) in [4.78, 5) is 20.8. The second-order valence-electron chi connectivity index (χ2n) is 5.72. The van der Waals surface area contributed by atoms with Crippen molar-refractivity contribution in [3.63, 3.8) is 0 Å². The van der Waals surface area contributed by atoms with Gasteiger partial charge in [0.1, 0.15) is 0 Å². The third kappa shape index (κ3) is 3.76. The minimum Gasteiger partial charge on any atom is -0.350 e. The van der Waals surface area contributed by atoms with Crippen LogP contribution in [-0.4, -0.2) is 29.1 Å². The lowest BCUT2D eigenvalue weighted by molar-refractivity contribution is 0.419. The van der Waals surface area contributed by atoms with Crippen molar-refractivity contribution in [2.75, 3.05) is 18.0 Å². The Morgan fingerprint density at radius 2 is 2.39 bits per heavy atom. The van der Waals surface area contributed by atoms with Crippen molar-refractivity contribution in [1.29, 1.82) is 5.26 Å². The van der Waals surface area contributed by atoms with Gasteiger partial charge in [-0.1, -0.05) is 12.1 Å². The van der Waals surface area contributed by atoms with Crippen molar-refractivity contribution in [1.82, 2.24) is 15.3 Å². The van der Waals surface area contributed by atoms with Crippen LogP contribution in [0.15, 0.2) is 41.5 Å². The predicted octanol–water partition coefficient (Wildman–Crippen LogP) is 1.40. The Morgan fingerprint density at radius 1 is 1.48 bits per heavy atom. The van der Waals surface area contributed by atoms with Gasteiger partial charge >= 0.3 is 0 Å². The summed E-state index contributed by atoms with van der Waals surface area (Å²) in [7, 11) is 0. The molecule has 6 nitrogen and oxygen atoms in total. The lowest BCUT2D eigenvalue weighted by atomic mass is 10.0. The summed E-state index contributed by atoms with van der Waals surface area (Å²) in [6, 6.07) is 10.1. The summed E-state index contributed by atoms with van der Waals surface area (Å²) in [5.74, 6) is 0.491. The number of benzene rings is 1. The molecule has 0 saturated carbocycles. The van der Waals surface area contributed by atoms with E-state index in [-0.39, 0.29) is 5.56 Å². The minimum absolute atomic E-state index is 0.144. The third-order valence-corrected chi connectivity index (χ3v) is 4.06. The zero-order chi connectivity index (χ0) is 16.1. The Hall–Kier alpha value is -2.65. The van der Waals surface area contributed by atoms with Gasteiger partial charge in [-0.2, -0.15) is 5.26 Å². The second-order valence-corrected chi connectivity index (χ2v) is 5.72. The van der Waals surface area contributed by atoms with Crippen LogP contribution in [0.2, 0.25) is 0 Å². The molecule has 1 aliphatic heterocycles. The molecule has 0 amide bonds. The van der Waals surface area contributed by atoms with Gasteiger partial charge in [-0.15, -0.1) is 0 Å². The van der Waals surface area contributed by atoms with Crippen LogP contribution in [-0.2, 0) is 6.54 Å². The van der Waals surface area contributed by atoms with Gasteiger partial charge in [0, 0.05) is 38.1 Å². The van der Waals surface area contributed by atoms with Gasteiger partial charge in [0.15, 0.2) is 5.82 Å². The number of nitriles is 1. The predicted molar refractivity (Wildman–Crippen MR) is 88.1 cm³/mol. The number of aromatic amines is 1. The van der Waals surface area contributed by atoms with E-state index in [1.165, 1.54) is 0 Å². The SMILES string of the molecule is N#Cc1cccc(CN[C@H]2CCCN(c3ncc[nH]c3=O)C2)c1. The van der Waals surface area contributed by atoms with Gasteiger partial charge in [-0.3, -0.25) is 4.79 Å². The first kappa shape index (κ1) is 15.3. The van der Waals surface area contributed by atoms with Crippen LogP contribution < -0.4 is 15.8 Å². The molecule has 3 rings (SSSR count). The first-order valence-corrected chi connectivity index (χ1v) is 7.77. The van der Waals surface area contributed by atoms with E-state index in [0.717, 1.165) is 31.5 Å². The summed E-state index contributed by atoms with van der Waals surface area (Å²) >= 11 is 0. The lowest BCUT2D eigenvalue weighted by Crippen LogP contribution is -2.47. The molecular formula is C17H19N5O. The molecule has 1 aromatic heterocycles. The quantitative estimate of drug-likeness (QED) is 0.892. The Morgan fingerprint density at radius 3 is 3.22 bits per heavy atom. The summed E-state index contributed by atoms with van der Waals surface area (Å²) in [6.07, 6.45) is 5.25. The van der Waals surface area contributed by atoms with Crippen LogP contribution in [0.25, 0.3) is 0 Å². The van der Waals surface area contributed by atoms with E-state index in [1.807, 2.05) is 23.1 Å². The molecule has 2 N–H and O–H groups in total. The van der Waals surface area contributed by atoms with Crippen LogP contribution in [0.5, 0.6) is 0 Å². The van der Waals surface area contributed by atoms with E-state index < -0.39 is 0 Å². The number of hydrogen-bond acceptors (Lipinski definition) is 5. The Bertz CT molecular complexity index is 764. The molecule has 1 fully saturated rings. The van der Waals surface area contributed by atoms with Gasteiger partial charge in [-0.05, 0) is 30.5 Å². The fourth-order valence-corrected chi connectivity index (χ4v) is 2.92. The summed E-state index contributed by atoms with van der Waals surface area (Å²) in [5, 5.41) is 12.5. The van der Waals surface area contributed by atoms with E-state index in [2.05, 4.69) is 21.4 Å². The van der Waals surface area contributed by atoms with Gasteiger partial charge in [0.25, 0.3) is 5.56 Å². The zero-order valence-corrected chi connectivity index (χ0v) is 12.8. The van der Waals surface area contributed by atoms with Crippen LogP contribution in [0.1, 0.15) is 24.0 Å². The highest BCUT2D eigenvalue weighted by molar-refractivity contribution is 5.36. The zero-order valence-electron chi connectivity index (χ0n) is 12.8. The second kappa shape index (κ2) is 7.07. The standard InChI is InChI=1S/C17H19N5O/c18-10-13-3-1-4-14(9-13)11-21-15-5-2-8-22(12-15)16-17(23)20-7-6-19-16/h1,3-4,6-7,9,15,21H,2,5,8,11-12H2,(H,20,23)/t15-/m0/s1. The van der Waals surface area contributed by atoms with E-state index >= 15 is 0 Å². The van der Waals surface area contributed by atoms with Crippen LogP contribution in [0.3, 0.4) is 0 Å². The van der Waals surface area contributed by atoms with Crippen molar-refractivity contribution < 1.29 is 0 Å². The largest absolute Gasteiger partial charge is 0.350 e. The van der Waals surface area contributed by atoms with Crippen LogP contribution in [0.4, 0.5) is 5.82 Å². The fraction of sp³-hybridized carbons (Fsp3) is 0.353. The van der Waals surface area contributed by atoms with E-state index in [0.29, 0.717) is 24.0 Å². The highest BCUT2D eigenvalue weighted by Crippen LogP contribution is 2.15. The third-order valence-electron chi connectivity index (χ3n) is 4.06. The number of piperidine rings is 1. The molecule has 1 aromatic carbocycles. The molecule has 0 aliphatic carbocycles. The number of hydrogen-bond donors (Lipinski definition) is 2. The van der Waals surface area contributed by atoms with Gasteiger partial charge in [-0.25, -0.2) is 4.98 Å². The van der Waals surface area contributed by atoms with E-state index in [1.54, 1.807) is 18.5 Å². The van der Waals surface area contributed by atoms with Gasteiger partial charge < -0.3 is 15.2 Å². The monoisotopic (exact) mass is 309 g/mol. The molecule has 118 valence electrons. The molecular weight excluding hydrogens is 290 g/mol. The first-order chi connectivity index (χ1) is 11.3. The van der Waals surface area contributed by atoms with Crippen LogP contribution >= 0.6 is 0 Å². The molecule has 1 saturated heterocycles. The highest BCUT2D eigenvalue weighted by atomic mass is 16.1. The van der Waals surface area contributed by atoms with Crippen molar-refractivity contribution in [2.45, 2.75) is 25.4 Å². The number of rotatable bonds is 4. The molecule has 23 heavy (non-hydrogen) atoms. The molecule has 6 heteroatoms. The fourth-order valence-electron chi connectivity index (χ4n) is 2.92. The molecule has 1 aliphatic rings. The maximum absolute atomic E-state index is 11.9. The Labute approximate surface area is 134 Å². The number of nitrogens with one attached hydrogen (secondary N) is 2. The smallest absolute Gasteiger partial charge is 0.290 e. The highest BCUT2D eigenvalue weighted by Gasteiger charge is 2.22. The van der Waals surface area contributed by atoms with Crippen LogP contribution in [0, 0.1) is 11.3 Å². The van der Waals surface area contributed by atoms with Crippen molar-refractivity contribution in [3.8, 4) is 6.07 Å². The summed E-state index contributed by atoms with van der Waals surface area (Å²) < 4.78 is 0. The van der Waals surface area contributed by atoms with Gasteiger partial charge in [0.05, 0.1) is 11.6 Å².